The van der Waals surface area contributed by atoms with Gasteiger partial charge in [-0.3, -0.25) is 9.69 Å². The molecule has 0 unspecified atom stereocenters. The first-order valence-corrected chi connectivity index (χ1v) is 8.88. The fraction of sp³-hybridized carbons (Fsp3) is 0.611. The van der Waals surface area contributed by atoms with Crippen molar-refractivity contribution in [3.63, 3.8) is 0 Å². The average Bonchev–Trinajstić information content (AvgIpc) is 2.97. The molecule has 1 aromatic rings. The molecular weight excluding hydrogens is 326 g/mol. The van der Waals surface area contributed by atoms with Gasteiger partial charge >= 0.3 is 0 Å². The smallest absolute Gasteiger partial charge is 0.176 e. The molecule has 1 aliphatic carbocycles. The van der Waals surface area contributed by atoms with Gasteiger partial charge in [0.25, 0.3) is 0 Å². The van der Waals surface area contributed by atoms with Gasteiger partial charge in [0, 0.05) is 16.1 Å². The van der Waals surface area contributed by atoms with Crippen LogP contribution in [0, 0.1) is 5.92 Å². The molecule has 0 saturated heterocycles. The number of rotatable bonds is 7. The third kappa shape index (κ3) is 5.23. The Morgan fingerprint density at radius 1 is 1.24 bits per heavy atom. The molecule has 1 fully saturated rings. The lowest BCUT2D eigenvalue weighted by atomic mass is 10.1. The summed E-state index contributed by atoms with van der Waals surface area (Å²) in [6.07, 6.45) is 6.31. The van der Waals surface area contributed by atoms with Gasteiger partial charge < -0.3 is 0 Å². The second kappa shape index (κ2) is 8.09. The van der Waals surface area contributed by atoms with Gasteiger partial charge in [-0.2, -0.15) is 0 Å². The van der Waals surface area contributed by atoms with Crippen LogP contribution in [0.25, 0.3) is 0 Å². The maximum absolute atomic E-state index is 12.5. The highest BCUT2D eigenvalue weighted by atomic mass is 79.9. The fourth-order valence-corrected chi connectivity index (χ4v) is 3.26. The van der Waals surface area contributed by atoms with Gasteiger partial charge in [0.15, 0.2) is 5.78 Å². The molecule has 0 N–H and O–H groups in total. The minimum atomic E-state index is 0.248. The highest BCUT2D eigenvalue weighted by molar-refractivity contribution is 9.10. The van der Waals surface area contributed by atoms with Gasteiger partial charge in [-0.15, -0.1) is 0 Å². The maximum Gasteiger partial charge on any atom is 0.176 e. The summed E-state index contributed by atoms with van der Waals surface area (Å²) >= 11 is 3.42. The summed E-state index contributed by atoms with van der Waals surface area (Å²) in [5.74, 6) is 0.940. The lowest BCUT2D eigenvalue weighted by molar-refractivity contribution is 0.0886. The van der Waals surface area contributed by atoms with Crippen LogP contribution in [0.1, 0.15) is 56.3 Å². The first-order valence-electron chi connectivity index (χ1n) is 8.09. The van der Waals surface area contributed by atoms with E-state index in [1.54, 1.807) is 0 Å². The van der Waals surface area contributed by atoms with E-state index in [4.69, 9.17) is 0 Å². The van der Waals surface area contributed by atoms with Crippen molar-refractivity contribution in [2.75, 3.05) is 13.1 Å². The first kappa shape index (κ1) is 16.7. The Labute approximate surface area is 137 Å². The fourth-order valence-electron chi connectivity index (χ4n) is 3.00. The summed E-state index contributed by atoms with van der Waals surface area (Å²) in [4.78, 5) is 14.9. The Morgan fingerprint density at radius 3 is 2.43 bits per heavy atom. The van der Waals surface area contributed by atoms with E-state index in [2.05, 4.69) is 34.7 Å². The van der Waals surface area contributed by atoms with Crippen LogP contribution in [0.2, 0.25) is 0 Å². The van der Waals surface area contributed by atoms with Crippen molar-refractivity contribution in [2.45, 2.75) is 52.0 Å². The highest BCUT2D eigenvalue weighted by Gasteiger charge is 2.24. The predicted molar refractivity (Wildman–Crippen MR) is 91.8 cm³/mol. The summed E-state index contributed by atoms with van der Waals surface area (Å²) in [6, 6.07) is 8.34. The molecule has 0 aromatic heterocycles. The molecule has 2 nitrogen and oxygen atoms in total. The zero-order chi connectivity index (χ0) is 15.2. The molecule has 0 amide bonds. The normalized spacial score (nSPS) is 16.0. The van der Waals surface area contributed by atoms with Gasteiger partial charge in [0.05, 0.1) is 6.54 Å². The van der Waals surface area contributed by atoms with Gasteiger partial charge in [-0.1, -0.05) is 54.8 Å². The number of halogens is 1. The SMILES string of the molecule is CC(C)CCN(CC(=O)c1ccc(Br)cc1)C1CCCC1. The molecule has 2 rings (SSSR count). The number of hydrogen-bond donors (Lipinski definition) is 0. The molecule has 3 heteroatoms. The summed E-state index contributed by atoms with van der Waals surface area (Å²) in [5.41, 5.74) is 0.825. The second-order valence-corrected chi connectivity index (χ2v) is 7.44. The lowest BCUT2D eigenvalue weighted by Gasteiger charge is -2.28. The van der Waals surface area contributed by atoms with Gasteiger partial charge in [-0.25, -0.2) is 0 Å². The summed E-state index contributed by atoms with van der Waals surface area (Å²) < 4.78 is 1.02. The lowest BCUT2D eigenvalue weighted by Crippen LogP contribution is -2.38. The Bertz CT molecular complexity index is 449. The molecular formula is C18H26BrNO. The molecule has 0 radical (unpaired) electrons. The highest BCUT2D eigenvalue weighted by Crippen LogP contribution is 2.24. The van der Waals surface area contributed by atoms with Gasteiger partial charge in [-0.05, 0) is 43.9 Å². The van der Waals surface area contributed by atoms with Crippen LogP contribution in [0.4, 0.5) is 0 Å². The molecule has 0 heterocycles. The van der Waals surface area contributed by atoms with Crippen LogP contribution in [0.15, 0.2) is 28.7 Å². The average molecular weight is 352 g/mol. The standard InChI is InChI=1S/C18H26BrNO/c1-14(2)11-12-20(17-5-3-4-6-17)13-18(21)15-7-9-16(19)10-8-15/h7-10,14,17H,3-6,11-13H2,1-2H3. The predicted octanol–water partition coefficient (Wildman–Crippen LogP) is 4.92. The Kier molecular flexibility index (Phi) is 6.43. The van der Waals surface area contributed by atoms with Crippen molar-refractivity contribution in [3.8, 4) is 0 Å². The van der Waals surface area contributed by atoms with E-state index in [1.807, 2.05) is 24.3 Å². The molecule has 0 aliphatic heterocycles. The topological polar surface area (TPSA) is 20.3 Å². The van der Waals surface area contributed by atoms with Crippen LogP contribution in [-0.2, 0) is 0 Å². The van der Waals surface area contributed by atoms with Crippen molar-refractivity contribution < 1.29 is 4.79 Å². The number of benzene rings is 1. The number of Topliss-reactive ketones (excluding diaryl/α,β-unsaturated/α-hetero) is 1. The third-order valence-corrected chi connectivity index (χ3v) is 4.88. The molecule has 1 saturated carbocycles. The third-order valence-electron chi connectivity index (χ3n) is 4.35. The Balaban J connectivity index is 1.99. The van der Waals surface area contributed by atoms with Crippen LogP contribution in [0.5, 0.6) is 0 Å². The van der Waals surface area contributed by atoms with Crippen molar-refractivity contribution in [3.05, 3.63) is 34.3 Å². The van der Waals surface area contributed by atoms with Crippen LogP contribution < -0.4 is 0 Å². The zero-order valence-corrected chi connectivity index (χ0v) is 14.7. The van der Waals surface area contributed by atoms with Crippen molar-refractivity contribution >= 4 is 21.7 Å². The van der Waals surface area contributed by atoms with E-state index in [-0.39, 0.29) is 5.78 Å². The molecule has 1 aromatic carbocycles. The monoisotopic (exact) mass is 351 g/mol. The quantitative estimate of drug-likeness (QED) is 0.649. The number of hydrogen-bond acceptors (Lipinski definition) is 2. The summed E-state index contributed by atoms with van der Waals surface area (Å²) in [6.45, 7) is 6.12. The number of carbonyl (C=O) groups excluding carboxylic acids is 1. The number of carbonyl (C=O) groups is 1. The largest absolute Gasteiger partial charge is 0.293 e. The Hall–Kier alpha value is -0.670. The van der Waals surface area contributed by atoms with E-state index in [0.717, 1.165) is 16.6 Å². The van der Waals surface area contributed by atoms with Crippen molar-refractivity contribution in [1.29, 1.82) is 0 Å². The summed E-state index contributed by atoms with van der Waals surface area (Å²) in [7, 11) is 0. The van der Waals surface area contributed by atoms with E-state index in [0.29, 0.717) is 18.5 Å². The molecule has 116 valence electrons. The molecule has 21 heavy (non-hydrogen) atoms. The van der Waals surface area contributed by atoms with Crippen molar-refractivity contribution in [1.82, 2.24) is 4.90 Å². The van der Waals surface area contributed by atoms with E-state index in [9.17, 15) is 4.79 Å². The van der Waals surface area contributed by atoms with Gasteiger partial charge in [0.1, 0.15) is 0 Å². The second-order valence-electron chi connectivity index (χ2n) is 6.52. The zero-order valence-electron chi connectivity index (χ0n) is 13.1. The number of ketones is 1. The molecule has 1 aliphatic rings. The van der Waals surface area contributed by atoms with E-state index >= 15 is 0 Å². The molecule has 0 bridgehead atoms. The number of nitrogens with zero attached hydrogens (tertiary/aromatic N) is 1. The van der Waals surface area contributed by atoms with Crippen molar-refractivity contribution in [2.24, 2.45) is 5.92 Å². The van der Waals surface area contributed by atoms with Gasteiger partial charge in [0.2, 0.25) is 0 Å². The van der Waals surface area contributed by atoms with Crippen LogP contribution in [0.3, 0.4) is 0 Å². The summed E-state index contributed by atoms with van der Waals surface area (Å²) in [5, 5.41) is 0. The van der Waals surface area contributed by atoms with E-state index in [1.165, 1.54) is 32.1 Å². The first-order chi connectivity index (χ1) is 10.1. The van der Waals surface area contributed by atoms with Crippen LogP contribution >= 0.6 is 15.9 Å². The van der Waals surface area contributed by atoms with Crippen LogP contribution in [-0.4, -0.2) is 29.8 Å². The molecule has 0 spiro atoms. The minimum absolute atomic E-state index is 0.248. The van der Waals surface area contributed by atoms with E-state index < -0.39 is 0 Å². The Morgan fingerprint density at radius 2 is 1.86 bits per heavy atom. The minimum Gasteiger partial charge on any atom is -0.293 e. The maximum atomic E-state index is 12.5. The molecule has 0 atom stereocenters.